The molecule has 0 atom stereocenters. The molecule has 0 radical (unpaired) electrons. The summed E-state index contributed by atoms with van der Waals surface area (Å²) in [5, 5.41) is 0. The molecule has 2 N–H and O–H groups in total. The monoisotopic (exact) mass is 373 g/mol. The van der Waals surface area contributed by atoms with Gasteiger partial charge in [0.25, 0.3) is 0 Å². The quantitative estimate of drug-likeness (QED) is 0.834. The maximum absolute atomic E-state index is 13.3. The number of pyridine rings is 1. The Morgan fingerprint density at radius 1 is 1.33 bits per heavy atom. The van der Waals surface area contributed by atoms with Crippen molar-refractivity contribution in [1.82, 2.24) is 9.29 Å². The van der Waals surface area contributed by atoms with Crippen molar-refractivity contribution in [2.75, 3.05) is 12.8 Å². The van der Waals surface area contributed by atoms with Gasteiger partial charge in [-0.15, -0.1) is 0 Å². The molecular formula is C13H13BrFN3O2S. The molecule has 1 heterocycles. The van der Waals surface area contributed by atoms with E-state index < -0.39 is 15.8 Å². The van der Waals surface area contributed by atoms with Crippen molar-refractivity contribution in [1.29, 1.82) is 0 Å². The number of hydrogen-bond acceptors (Lipinski definition) is 4. The molecule has 0 saturated heterocycles. The molecule has 0 amide bonds. The van der Waals surface area contributed by atoms with E-state index in [1.54, 1.807) is 24.5 Å². The van der Waals surface area contributed by atoms with Crippen LogP contribution in [0.1, 0.15) is 5.56 Å². The van der Waals surface area contributed by atoms with Gasteiger partial charge in [-0.3, -0.25) is 4.98 Å². The number of rotatable bonds is 4. The highest BCUT2D eigenvalue weighted by molar-refractivity contribution is 9.10. The third-order valence-corrected chi connectivity index (χ3v) is 5.66. The van der Waals surface area contributed by atoms with E-state index >= 15 is 0 Å². The number of sulfonamides is 1. The van der Waals surface area contributed by atoms with Crippen LogP contribution in [0, 0.1) is 5.82 Å². The van der Waals surface area contributed by atoms with Gasteiger partial charge in [-0.05, 0) is 45.8 Å². The molecule has 0 spiro atoms. The van der Waals surface area contributed by atoms with Crippen molar-refractivity contribution in [2.45, 2.75) is 11.4 Å². The van der Waals surface area contributed by atoms with Crippen LogP contribution in [0.25, 0.3) is 0 Å². The maximum atomic E-state index is 13.3. The highest BCUT2D eigenvalue weighted by Gasteiger charge is 2.24. The summed E-state index contributed by atoms with van der Waals surface area (Å²) in [4.78, 5) is 3.80. The summed E-state index contributed by atoms with van der Waals surface area (Å²) in [7, 11) is -2.34. The zero-order chi connectivity index (χ0) is 15.6. The number of aromatic nitrogens is 1. The van der Waals surface area contributed by atoms with Gasteiger partial charge in [-0.1, -0.05) is 0 Å². The van der Waals surface area contributed by atoms with Crippen LogP contribution < -0.4 is 5.73 Å². The second kappa shape index (κ2) is 6.08. The van der Waals surface area contributed by atoms with Gasteiger partial charge in [-0.2, -0.15) is 4.31 Å². The van der Waals surface area contributed by atoms with Gasteiger partial charge >= 0.3 is 0 Å². The number of nitrogen functional groups attached to an aromatic ring is 1. The minimum atomic E-state index is -3.79. The van der Waals surface area contributed by atoms with Crippen LogP contribution in [0.15, 0.2) is 46.0 Å². The molecule has 0 saturated carbocycles. The molecule has 8 heteroatoms. The highest BCUT2D eigenvalue weighted by Crippen LogP contribution is 2.29. The van der Waals surface area contributed by atoms with E-state index in [1.165, 1.54) is 11.4 Å². The van der Waals surface area contributed by atoms with Gasteiger partial charge in [0.2, 0.25) is 10.0 Å². The summed E-state index contributed by atoms with van der Waals surface area (Å²) >= 11 is 3.06. The maximum Gasteiger partial charge on any atom is 0.244 e. The molecule has 0 aliphatic heterocycles. The average molecular weight is 374 g/mol. The number of nitrogens with two attached hydrogens (primary N) is 1. The topological polar surface area (TPSA) is 76.3 Å². The van der Waals surface area contributed by atoms with Crippen LogP contribution in [0.3, 0.4) is 0 Å². The molecule has 5 nitrogen and oxygen atoms in total. The summed E-state index contributed by atoms with van der Waals surface area (Å²) < 4.78 is 39.7. The zero-order valence-electron chi connectivity index (χ0n) is 11.1. The number of benzene rings is 1. The van der Waals surface area contributed by atoms with Crippen LogP contribution in [0.2, 0.25) is 0 Å². The van der Waals surface area contributed by atoms with E-state index in [0.29, 0.717) is 0 Å². The number of nitrogens with zero attached hydrogens (tertiary/aromatic N) is 2. The molecule has 1 aromatic heterocycles. The summed E-state index contributed by atoms with van der Waals surface area (Å²) in [6.07, 6.45) is 3.17. The third-order valence-electron chi connectivity index (χ3n) is 2.89. The summed E-state index contributed by atoms with van der Waals surface area (Å²) in [5.74, 6) is -0.669. The van der Waals surface area contributed by atoms with Gasteiger partial charge in [0.1, 0.15) is 5.82 Å². The second-order valence-corrected chi connectivity index (χ2v) is 7.29. The first kappa shape index (κ1) is 15.9. The van der Waals surface area contributed by atoms with Crippen LogP contribution >= 0.6 is 15.9 Å². The Kier molecular flexibility index (Phi) is 4.60. The first-order chi connectivity index (χ1) is 9.82. The average Bonchev–Trinajstić information content (AvgIpc) is 2.43. The molecular weight excluding hydrogens is 361 g/mol. The Bertz CT molecular complexity index is 754. The molecule has 0 bridgehead atoms. The minimum Gasteiger partial charge on any atom is -0.396 e. The summed E-state index contributed by atoms with van der Waals surface area (Å²) in [5.41, 5.74) is 6.03. The van der Waals surface area contributed by atoms with Gasteiger partial charge in [0, 0.05) is 30.5 Å². The molecule has 0 unspecified atom stereocenters. The lowest BCUT2D eigenvalue weighted by Crippen LogP contribution is -2.27. The van der Waals surface area contributed by atoms with Crippen molar-refractivity contribution in [3.8, 4) is 0 Å². The van der Waals surface area contributed by atoms with Gasteiger partial charge in [0.15, 0.2) is 0 Å². The lowest BCUT2D eigenvalue weighted by Gasteiger charge is -2.18. The smallest absolute Gasteiger partial charge is 0.244 e. The Morgan fingerprint density at radius 2 is 1.95 bits per heavy atom. The molecule has 2 aromatic rings. The Labute approximate surface area is 130 Å². The third kappa shape index (κ3) is 3.39. The predicted molar refractivity (Wildman–Crippen MR) is 81.4 cm³/mol. The SMILES string of the molecule is CN(Cc1ccncc1)S(=O)(=O)c1cc(N)c(F)cc1Br. The van der Waals surface area contributed by atoms with Crippen molar-refractivity contribution in [2.24, 2.45) is 0 Å². The van der Waals surface area contributed by atoms with Crippen LogP contribution in [-0.2, 0) is 16.6 Å². The van der Waals surface area contributed by atoms with Gasteiger partial charge in [-0.25, -0.2) is 12.8 Å². The summed E-state index contributed by atoms with van der Waals surface area (Å²) in [6.45, 7) is 0.175. The Hall–Kier alpha value is -1.51. The van der Waals surface area contributed by atoms with Gasteiger partial charge < -0.3 is 5.73 Å². The van der Waals surface area contributed by atoms with Crippen molar-refractivity contribution >= 4 is 31.6 Å². The molecule has 0 fully saturated rings. The second-order valence-electron chi connectivity index (χ2n) is 4.42. The largest absolute Gasteiger partial charge is 0.396 e. The molecule has 2 rings (SSSR count). The van der Waals surface area contributed by atoms with E-state index in [0.717, 1.165) is 17.7 Å². The lowest BCUT2D eigenvalue weighted by atomic mass is 10.3. The predicted octanol–water partition coefficient (Wildman–Crippen LogP) is 2.39. The van der Waals surface area contributed by atoms with E-state index in [9.17, 15) is 12.8 Å². The highest BCUT2D eigenvalue weighted by atomic mass is 79.9. The number of hydrogen-bond donors (Lipinski definition) is 1. The number of halogens is 2. The molecule has 1 aromatic carbocycles. The van der Waals surface area contributed by atoms with E-state index in [4.69, 9.17) is 5.73 Å². The standard InChI is InChI=1S/C13H13BrFN3O2S/c1-18(8-9-2-4-17-5-3-9)21(19,20)13-7-12(16)11(15)6-10(13)14/h2-7H,8,16H2,1H3. The van der Waals surface area contributed by atoms with Crippen LogP contribution in [-0.4, -0.2) is 24.8 Å². The number of anilines is 1. The normalized spacial score (nSPS) is 11.8. The zero-order valence-corrected chi connectivity index (χ0v) is 13.5. The van der Waals surface area contributed by atoms with Gasteiger partial charge in [0.05, 0.1) is 10.6 Å². The first-order valence-electron chi connectivity index (χ1n) is 5.92. The summed E-state index contributed by atoms with van der Waals surface area (Å²) in [6, 6.07) is 5.60. The molecule has 0 aliphatic carbocycles. The fraction of sp³-hybridized carbons (Fsp3) is 0.154. The molecule has 112 valence electrons. The first-order valence-corrected chi connectivity index (χ1v) is 8.15. The molecule has 0 aliphatic rings. The van der Waals surface area contributed by atoms with Crippen LogP contribution in [0.4, 0.5) is 10.1 Å². The van der Waals surface area contributed by atoms with Crippen molar-refractivity contribution in [3.05, 3.63) is 52.5 Å². The molecule has 21 heavy (non-hydrogen) atoms. The fourth-order valence-corrected chi connectivity index (χ4v) is 3.91. The van der Waals surface area contributed by atoms with Crippen molar-refractivity contribution in [3.63, 3.8) is 0 Å². The van der Waals surface area contributed by atoms with Crippen LogP contribution in [0.5, 0.6) is 0 Å². The van der Waals surface area contributed by atoms with E-state index in [-0.39, 0.29) is 21.6 Å². The lowest BCUT2D eigenvalue weighted by molar-refractivity contribution is 0.466. The fourth-order valence-electron chi connectivity index (χ4n) is 1.74. The minimum absolute atomic E-state index is 0.0713. The Balaban J connectivity index is 2.36. The Morgan fingerprint density at radius 3 is 2.57 bits per heavy atom. The van der Waals surface area contributed by atoms with E-state index in [2.05, 4.69) is 20.9 Å². The van der Waals surface area contributed by atoms with Crippen molar-refractivity contribution < 1.29 is 12.8 Å². The van der Waals surface area contributed by atoms with E-state index in [1.807, 2.05) is 0 Å².